The van der Waals surface area contributed by atoms with Gasteiger partial charge in [-0.2, -0.15) is 5.10 Å². The number of likely N-dealkylation sites (tertiary alicyclic amines) is 1. The zero-order valence-corrected chi connectivity index (χ0v) is 12.8. The second-order valence-electron chi connectivity index (χ2n) is 5.94. The summed E-state index contributed by atoms with van der Waals surface area (Å²) in [6.45, 7) is 2.39. The lowest BCUT2D eigenvalue weighted by atomic mass is 10.2. The molecular formula is C18H19N3O2. The summed E-state index contributed by atoms with van der Waals surface area (Å²) in [6.07, 6.45) is 4.34. The van der Waals surface area contributed by atoms with Gasteiger partial charge in [0.1, 0.15) is 5.69 Å². The van der Waals surface area contributed by atoms with Gasteiger partial charge in [-0.05, 0) is 30.7 Å². The number of rotatable bonds is 4. The topological polar surface area (TPSA) is 54.4 Å². The predicted octanol–water partition coefficient (Wildman–Crippen LogP) is 2.70. The van der Waals surface area contributed by atoms with E-state index in [0.29, 0.717) is 6.54 Å². The van der Waals surface area contributed by atoms with Gasteiger partial charge in [0.05, 0.1) is 18.1 Å². The van der Waals surface area contributed by atoms with Crippen molar-refractivity contribution in [2.75, 3.05) is 13.1 Å². The van der Waals surface area contributed by atoms with Crippen molar-refractivity contribution in [3.63, 3.8) is 0 Å². The molecule has 3 heterocycles. The van der Waals surface area contributed by atoms with E-state index in [1.54, 1.807) is 6.26 Å². The Balaban J connectivity index is 1.69. The van der Waals surface area contributed by atoms with Gasteiger partial charge in [0.2, 0.25) is 0 Å². The number of aromatic nitrogens is 2. The van der Waals surface area contributed by atoms with Crippen LogP contribution in [0.25, 0.3) is 17.1 Å². The summed E-state index contributed by atoms with van der Waals surface area (Å²) in [5, 5.41) is 14.5. The molecule has 1 saturated heterocycles. The molecule has 0 radical (unpaired) electrons. The molecule has 0 bridgehead atoms. The van der Waals surface area contributed by atoms with Crippen molar-refractivity contribution in [3.05, 3.63) is 60.5 Å². The average Bonchev–Trinajstić information content (AvgIpc) is 3.29. The van der Waals surface area contributed by atoms with E-state index in [1.165, 1.54) is 0 Å². The van der Waals surface area contributed by atoms with E-state index in [-0.39, 0.29) is 6.10 Å². The van der Waals surface area contributed by atoms with Crippen LogP contribution in [0, 0.1) is 0 Å². The fourth-order valence-electron chi connectivity index (χ4n) is 3.06. The minimum atomic E-state index is -0.216. The van der Waals surface area contributed by atoms with Crippen molar-refractivity contribution in [1.82, 2.24) is 14.7 Å². The second-order valence-corrected chi connectivity index (χ2v) is 5.94. The molecule has 2 aromatic heterocycles. The van der Waals surface area contributed by atoms with Crippen LogP contribution in [-0.4, -0.2) is 39.0 Å². The number of hydrogen-bond acceptors (Lipinski definition) is 4. The number of nitrogens with zero attached hydrogens (tertiary/aromatic N) is 3. The van der Waals surface area contributed by atoms with Crippen molar-refractivity contribution in [2.45, 2.75) is 19.1 Å². The maximum Gasteiger partial charge on any atom is 0.154 e. The highest BCUT2D eigenvalue weighted by Gasteiger charge is 2.23. The molecule has 1 fully saturated rings. The van der Waals surface area contributed by atoms with Crippen LogP contribution in [0.1, 0.15) is 12.0 Å². The third-order valence-corrected chi connectivity index (χ3v) is 4.21. The summed E-state index contributed by atoms with van der Waals surface area (Å²) in [6, 6.07) is 13.9. The highest BCUT2D eigenvalue weighted by molar-refractivity contribution is 5.57. The van der Waals surface area contributed by atoms with E-state index >= 15 is 0 Å². The van der Waals surface area contributed by atoms with Crippen molar-refractivity contribution >= 4 is 0 Å². The minimum Gasteiger partial charge on any atom is -0.463 e. The van der Waals surface area contributed by atoms with Crippen molar-refractivity contribution in [2.24, 2.45) is 0 Å². The van der Waals surface area contributed by atoms with E-state index in [4.69, 9.17) is 9.52 Å². The van der Waals surface area contributed by atoms with Crippen LogP contribution in [0.2, 0.25) is 0 Å². The summed E-state index contributed by atoms with van der Waals surface area (Å²) >= 11 is 0. The number of hydrogen-bond donors (Lipinski definition) is 1. The Kier molecular flexibility index (Phi) is 3.73. The number of para-hydroxylation sites is 1. The smallest absolute Gasteiger partial charge is 0.154 e. The molecule has 4 rings (SSSR count). The van der Waals surface area contributed by atoms with Gasteiger partial charge in [0.25, 0.3) is 0 Å². The molecule has 1 aliphatic rings. The van der Waals surface area contributed by atoms with Crippen LogP contribution in [0.4, 0.5) is 0 Å². The zero-order chi connectivity index (χ0) is 15.6. The third-order valence-electron chi connectivity index (χ3n) is 4.21. The molecule has 0 saturated carbocycles. The Morgan fingerprint density at radius 2 is 2.04 bits per heavy atom. The number of aliphatic hydroxyl groups excluding tert-OH is 1. The average molecular weight is 309 g/mol. The summed E-state index contributed by atoms with van der Waals surface area (Å²) in [5.74, 6) is 0.773. The first-order valence-corrected chi connectivity index (χ1v) is 7.88. The maximum absolute atomic E-state index is 9.73. The monoisotopic (exact) mass is 309 g/mol. The van der Waals surface area contributed by atoms with E-state index in [0.717, 1.165) is 42.2 Å². The van der Waals surface area contributed by atoms with Crippen LogP contribution in [0.5, 0.6) is 0 Å². The molecule has 0 aliphatic carbocycles. The normalized spacial score (nSPS) is 18.6. The molecular weight excluding hydrogens is 290 g/mol. The molecule has 5 heteroatoms. The number of β-amino-alcohol motifs (C(OH)–C–C–N with tert-alkyl or cyclic N) is 1. The molecule has 1 atom stereocenters. The Morgan fingerprint density at radius 3 is 2.74 bits per heavy atom. The first-order valence-electron chi connectivity index (χ1n) is 7.88. The molecule has 0 spiro atoms. The zero-order valence-electron chi connectivity index (χ0n) is 12.8. The van der Waals surface area contributed by atoms with Gasteiger partial charge in [-0.3, -0.25) is 4.90 Å². The van der Waals surface area contributed by atoms with E-state index in [2.05, 4.69) is 11.1 Å². The van der Waals surface area contributed by atoms with Gasteiger partial charge < -0.3 is 9.52 Å². The van der Waals surface area contributed by atoms with Crippen molar-refractivity contribution in [1.29, 1.82) is 0 Å². The number of furan rings is 1. The van der Waals surface area contributed by atoms with Crippen LogP contribution in [-0.2, 0) is 6.54 Å². The fourth-order valence-corrected chi connectivity index (χ4v) is 3.06. The lowest BCUT2D eigenvalue weighted by Gasteiger charge is -2.13. The molecule has 118 valence electrons. The third kappa shape index (κ3) is 2.93. The predicted molar refractivity (Wildman–Crippen MR) is 87.2 cm³/mol. The Hall–Kier alpha value is -2.37. The van der Waals surface area contributed by atoms with E-state index < -0.39 is 0 Å². The Bertz CT molecular complexity index is 765. The van der Waals surface area contributed by atoms with Gasteiger partial charge in [-0.25, -0.2) is 4.68 Å². The molecule has 1 aliphatic heterocycles. The fraction of sp³-hybridized carbons (Fsp3) is 0.278. The molecule has 3 aromatic rings. The highest BCUT2D eigenvalue weighted by Crippen LogP contribution is 2.26. The molecule has 1 unspecified atom stereocenters. The van der Waals surface area contributed by atoms with Crippen LogP contribution < -0.4 is 0 Å². The van der Waals surface area contributed by atoms with E-state index in [1.807, 2.05) is 47.1 Å². The Morgan fingerprint density at radius 1 is 1.17 bits per heavy atom. The summed E-state index contributed by atoms with van der Waals surface area (Å²) in [7, 11) is 0. The largest absolute Gasteiger partial charge is 0.463 e. The maximum atomic E-state index is 9.73. The first kappa shape index (κ1) is 14.2. The Labute approximate surface area is 134 Å². The molecule has 1 N–H and O–H groups in total. The van der Waals surface area contributed by atoms with Crippen molar-refractivity contribution < 1.29 is 9.52 Å². The van der Waals surface area contributed by atoms with Crippen LogP contribution >= 0.6 is 0 Å². The summed E-state index contributed by atoms with van der Waals surface area (Å²) in [5.41, 5.74) is 2.99. The highest BCUT2D eigenvalue weighted by atomic mass is 16.3. The second kappa shape index (κ2) is 6.02. The van der Waals surface area contributed by atoms with Crippen LogP contribution in [0.3, 0.4) is 0 Å². The lowest BCUT2D eigenvalue weighted by Crippen LogP contribution is -2.21. The van der Waals surface area contributed by atoms with Crippen LogP contribution in [0.15, 0.2) is 59.3 Å². The molecule has 1 aromatic carbocycles. The molecule has 5 nitrogen and oxygen atoms in total. The molecule has 23 heavy (non-hydrogen) atoms. The summed E-state index contributed by atoms with van der Waals surface area (Å²) < 4.78 is 7.44. The molecule has 0 amide bonds. The van der Waals surface area contributed by atoms with Gasteiger partial charge in [0.15, 0.2) is 5.76 Å². The van der Waals surface area contributed by atoms with Gasteiger partial charge in [-0.15, -0.1) is 0 Å². The van der Waals surface area contributed by atoms with Crippen molar-refractivity contribution in [3.8, 4) is 17.1 Å². The number of benzene rings is 1. The van der Waals surface area contributed by atoms with E-state index in [9.17, 15) is 5.11 Å². The lowest BCUT2D eigenvalue weighted by molar-refractivity contribution is 0.175. The van der Waals surface area contributed by atoms with Gasteiger partial charge in [0, 0.05) is 31.4 Å². The first-order chi connectivity index (χ1) is 11.3. The quantitative estimate of drug-likeness (QED) is 0.805. The SMILES string of the molecule is OC1CCN(Cc2cn(-c3ccccc3)nc2-c2ccco2)C1. The standard InChI is InChI=1S/C18H19N3O2/c22-16-8-9-20(13-16)11-14-12-21(15-5-2-1-3-6-15)19-18(14)17-7-4-10-23-17/h1-7,10,12,16,22H,8-9,11,13H2. The number of aliphatic hydroxyl groups is 1. The summed E-state index contributed by atoms with van der Waals surface area (Å²) in [4.78, 5) is 2.25. The minimum absolute atomic E-state index is 0.216. The van der Waals surface area contributed by atoms with Gasteiger partial charge in [-0.1, -0.05) is 18.2 Å². The van der Waals surface area contributed by atoms with Gasteiger partial charge >= 0.3 is 0 Å².